The fourth-order valence-corrected chi connectivity index (χ4v) is 4.44. The van der Waals surface area contributed by atoms with Crippen molar-refractivity contribution in [3.8, 4) is 11.5 Å². The zero-order chi connectivity index (χ0) is 23.2. The molecule has 1 fully saturated rings. The second kappa shape index (κ2) is 10.6. The lowest BCUT2D eigenvalue weighted by Gasteiger charge is -2.12. The van der Waals surface area contributed by atoms with E-state index in [2.05, 4.69) is 9.98 Å². The number of methoxy groups -OCH3 is 1. The summed E-state index contributed by atoms with van der Waals surface area (Å²) in [6, 6.07) is 18.6. The lowest BCUT2D eigenvalue weighted by Crippen LogP contribution is -2.28. The fourth-order valence-electron chi connectivity index (χ4n) is 3.20. The van der Waals surface area contributed by atoms with Gasteiger partial charge in [-0.25, -0.2) is 9.98 Å². The SMILES string of the molecule is CCN1C(=O)/C(=C/c2ccc(OCc3ccccc3Cl)c(OC)c2)S/C1=N/c1ccccn1. The van der Waals surface area contributed by atoms with Crippen LogP contribution in [0, 0.1) is 0 Å². The Morgan fingerprint density at radius 3 is 2.67 bits per heavy atom. The molecule has 1 aromatic heterocycles. The minimum absolute atomic E-state index is 0.0878. The monoisotopic (exact) mass is 479 g/mol. The Morgan fingerprint density at radius 1 is 1.12 bits per heavy atom. The number of ether oxygens (including phenoxy) is 2. The summed E-state index contributed by atoms with van der Waals surface area (Å²) >= 11 is 7.54. The summed E-state index contributed by atoms with van der Waals surface area (Å²) in [6.45, 7) is 2.76. The van der Waals surface area contributed by atoms with Gasteiger partial charge in [0.05, 0.1) is 12.0 Å². The predicted molar refractivity (Wildman–Crippen MR) is 133 cm³/mol. The third-order valence-electron chi connectivity index (χ3n) is 4.89. The van der Waals surface area contributed by atoms with Crippen molar-refractivity contribution in [3.63, 3.8) is 0 Å². The van der Waals surface area contributed by atoms with E-state index >= 15 is 0 Å². The van der Waals surface area contributed by atoms with Crippen LogP contribution in [0.4, 0.5) is 5.82 Å². The number of rotatable bonds is 7. The molecule has 1 amide bonds. The van der Waals surface area contributed by atoms with Gasteiger partial charge in [-0.05, 0) is 60.7 Å². The third-order valence-corrected chi connectivity index (χ3v) is 6.27. The minimum atomic E-state index is -0.0878. The van der Waals surface area contributed by atoms with Crippen molar-refractivity contribution < 1.29 is 14.3 Å². The first-order valence-electron chi connectivity index (χ1n) is 10.3. The molecule has 1 saturated heterocycles. The van der Waals surface area contributed by atoms with Gasteiger partial charge in [0.2, 0.25) is 0 Å². The van der Waals surface area contributed by atoms with Crippen LogP contribution in [0.1, 0.15) is 18.1 Å². The molecular formula is C25H22ClN3O3S. The molecule has 168 valence electrons. The van der Waals surface area contributed by atoms with Gasteiger partial charge in [0.15, 0.2) is 22.5 Å². The Bertz CT molecular complexity index is 1210. The topological polar surface area (TPSA) is 64.0 Å². The van der Waals surface area contributed by atoms with E-state index in [0.29, 0.717) is 45.6 Å². The number of pyridine rings is 1. The molecule has 2 heterocycles. The highest BCUT2D eigenvalue weighted by Gasteiger charge is 2.32. The normalized spacial score (nSPS) is 16.0. The molecule has 1 aliphatic heterocycles. The van der Waals surface area contributed by atoms with E-state index in [1.807, 2.05) is 67.6 Å². The van der Waals surface area contributed by atoms with E-state index in [-0.39, 0.29) is 5.91 Å². The highest BCUT2D eigenvalue weighted by Crippen LogP contribution is 2.35. The first-order valence-corrected chi connectivity index (χ1v) is 11.5. The molecule has 0 bridgehead atoms. The van der Waals surface area contributed by atoms with Crippen molar-refractivity contribution in [3.05, 3.63) is 87.9 Å². The Balaban J connectivity index is 1.55. The van der Waals surface area contributed by atoms with E-state index in [1.54, 1.807) is 24.3 Å². The van der Waals surface area contributed by atoms with E-state index in [0.717, 1.165) is 11.1 Å². The molecule has 0 radical (unpaired) electrons. The highest BCUT2D eigenvalue weighted by molar-refractivity contribution is 8.18. The summed E-state index contributed by atoms with van der Waals surface area (Å²) in [5.74, 6) is 1.64. The van der Waals surface area contributed by atoms with Crippen LogP contribution in [0.2, 0.25) is 5.02 Å². The molecule has 0 saturated carbocycles. The van der Waals surface area contributed by atoms with Crippen LogP contribution in [-0.2, 0) is 11.4 Å². The number of likely N-dealkylation sites (N-methyl/N-ethyl adjacent to an activating group) is 1. The molecule has 33 heavy (non-hydrogen) atoms. The third kappa shape index (κ3) is 5.38. The zero-order valence-corrected chi connectivity index (χ0v) is 19.8. The molecule has 6 nitrogen and oxygen atoms in total. The van der Waals surface area contributed by atoms with Crippen molar-refractivity contribution in [1.29, 1.82) is 0 Å². The molecule has 0 unspecified atom stereocenters. The Kier molecular flexibility index (Phi) is 7.32. The zero-order valence-electron chi connectivity index (χ0n) is 18.2. The second-order valence-corrected chi connectivity index (χ2v) is 8.45. The van der Waals surface area contributed by atoms with Crippen LogP contribution in [0.3, 0.4) is 0 Å². The largest absolute Gasteiger partial charge is 0.493 e. The van der Waals surface area contributed by atoms with E-state index in [9.17, 15) is 4.79 Å². The maximum Gasteiger partial charge on any atom is 0.266 e. The standard InChI is InChI=1S/C25H22ClN3O3S/c1-3-29-24(30)22(33-25(29)28-23-10-6-7-13-27-23)15-17-11-12-20(21(14-17)31-2)32-16-18-8-4-5-9-19(18)26/h4-15H,3,16H2,1-2H3/b22-15-,28-25+. The summed E-state index contributed by atoms with van der Waals surface area (Å²) < 4.78 is 11.4. The molecule has 0 atom stereocenters. The van der Waals surface area contributed by atoms with Crippen LogP contribution >= 0.6 is 23.4 Å². The number of benzene rings is 2. The van der Waals surface area contributed by atoms with Gasteiger partial charge in [-0.2, -0.15) is 0 Å². The molecule has 2 aromatic carbocycles. The van der Waals surface area contributed by atoms with Crippen LogP contribution < -0.4 is 9.47 Å². The van der Waals surface area contributed by atoms with Crippen molar-refractivity contribution in [2.75, 3.05) is 13.7 Å². The lowest BCUT2D eigenvalue weighted by atomic mass is 10.1. The van der Waals surface area contributed by atoms with Crippen molar-refractivity contribution in [2.24, 2.45) is 4.99 Å². The Hall–Kier alpha value is -3.29. The number of amidine groups is 1. The maximum absolute atomic E-state index is 12.9. The van der Waals surface area contributed by atoms with Gasteiger partial charge >= 0.3 is 0 Å². The lowest BCUT2D eigenvalue weighted by molar-refractivity contribution is -0.122. The molecule has 1 aliphatic rings. The fraction of sp³-hybridized carbons (Fsp3) is 0.160. The van der Waals surface area contributed by atoms with Crippen LogP contribution in [-0.4, -0.2) is 34.6 Å². The number of carbonyl (C=O) groups is 1. The number of hydrogen-bond donors (Lipinski definition) is 0. The van der Waals surface area contributed by atoms with Crippen LogP contribution in [0.5, 0.6) is 11.5 Å². The van der Waals surface area contributed by atoms with E-state index in [4.69, 9.17) is 21.1 Å². The first kappa shape index (κ1) is 22.9. The van der Waals surface area contributed by atoms with Crippen LogP contribution in [0.15, 0.2) is 76.8 Å². The van der Waals surface area contributed by atoms with Crippen molar-refractivity contribution >= 4 is 46.3 Å². The smallest absolute Gasteiger partial charge is 0.266 e. The molecule has 0 N–H and O–H groups in total. The number of aromatic nitrogens is 1. The quantitative estimate of drug-likeness (QED) is 0.392. The second-order valence-electron chi connectivity index (χ2n) is 7.03. The summed E-state index contributed by atoms with van der Waals surface area (Å²) in [6.07, 6.45) is 3.51. The summed E-state index contributed by atoms with van der Waals surface area (Å²) in [7, 11) is 1.58. The number of nitrogens with zero attached hydrogens (tertiary/aromatic N) is 3. The molecule has 8 heteroatoms. The number of carbonyl (C=O) groups excluding carboxylic acids is 1. The number of amides is 1. The van der Waals surface area contributed by atoms with E-state index in [1.165, 1.54) is 11.8 Å². The first-order chi connectivity index (χ1) is 16.1. The molecule has 4 rings (SSSR count). The van der Waals surface area contributed by atoms with Gasteiger partial charge in [0, 0.05) is 23.3 Å². The average molecular weight is 480 g/mol. The molecule has 0 spiro atoms. The van der Waals surface area contributed by atoms with Gasteiger partial charge in [0.25, 0.3) is 5.91 Å². The summed E-state index contributed by atoms with van der Waals surface area (Å²) in [5, 5.41) is 1.26. The predicted octanol–water partition coefficient (Wildman–Crippen LogP) is 5.95. The Labute approximate surface area is 201 Å². The van der Waals surface area contributed by atoms with Crippen molar-refractivity contribution in [1.82, 2.24) is 9.88 Å². The van der Waals surface area contributed by atoms with Gasteiger partial charge in [-0.1, -0.05) is 41.9 Å². The molecular weight excluding hydrogens is 458 g/mol. The molecule has 0 aliphatic carbocycles. The average Bonchev–Trinajstić information content (AvgIpc) is 3.13. The van der Waals surface area contributed by atoms with Crippen molar-refractivity contribution in [2.45, 2.75) is 13.5 Å². The molecule has 3 aromatic rings. The van der Waals surface area contributed by atoms with E-state index < -0.39 is 0 Å². The highest BCUT2D eigenvalue weighted by atomic mass is 35.5. The minimum Gasteiger partial charge on any atom is -0.493 e. The summed E-state index contributed by atoms with van der Waals surface area (Å²) in [4.78, 5) is 23.9. The number of thioether (sulfide) groups is 1. The van der Waals surface area contributed by atoms with Gasteiger partial charge < -0.3 is 9.47 Å². The number of hydrogen-bond acceptors (Lipinski definition) is 6. The summed E-state index contributed by atoms with van der Waals surface area (Å²) in [5.41, 5.74) is 1.71. The number of aliphatic imine (C=N–C) groups is 1. The van der Waals surface area contributed by atoms with Gasteiger partial charge in [-0.3, -0.25) is 9.69 Å². The van der Waals surface area contributed by atoms with Gasteiger partial charge in [-0.15, -0.1) is 0 Å². The number of halogens is 1. The van der Waals surface area contributed by atoms with Crippen LogP contribution in [0.25, 0.3) is 6.08 Å². The Morgan fingerprint density at radius 2 is 1.94 bits per heavy atom. The van der Waals surface area contributed by atoms with Gasteiger partial charge in [0.1, 0.15) is 6.61 Å². The maximum atomic E-state index is 12.9.